The van der Waals surface area contributed by atoms with E-state index >= 15 is 0 Å². The minimum absolute atomic E-state index is 0.0551. The highest BCUT2D eigenvalue weighted by Gasteiger charge is 2.23. The summed E-state index contributed by atoms with van der Waals surface area (Å²) >= 11 is 12.8. The van der Waals surface area contributed by atoms with Crippen molar-refractivity contribution >= 4 is 35.1 Å². The Labute approximate surface area is 195 Å². The SMILES string of the molecule is CC(C)CC(CC(=O)O)NC(=O)c1cc(-c2c(Cl)cccc2Cl)n(-c2ccc(F)cc2)n1. The Morgan fingerprint density at radius 2 is 1.75 bits per heavy atom. The second kappa shape index (κ2) is 10.1. The normalized spacial score (nSPS) is 12.1. The molecule has 0 fully saturated rings. The van der Waals surface area contributed by atoms with Gasteiger partial charge in [0.2, 0.25) is 0 Å². The maximum Gasteiger partial charge on any atom is 0.305 e. The van der Waals surface area contributed by atoms with Gasteiger partial charge in [0.1, 0.15) is 5.82 Å². The number of hydrogen-bond donors (Lipinski definition) is 2. The molecule has 1 aromatic heterocycles. The lowest BCUT2D eigenvalue weighted by molar-refractivity contribution is -0.137. The largest absolute Gasteiger partial charge is 0.481 e. The zero-order valence-corrected chi connectivity index (χ0v) is 19.0. The zero-order valence-electron chi connectivity index (χ0n) is 17.5. The van der Waals surface area contributed by atoms with Gasteiger partial charge in [-0.2, -0.15) is 5.10 Å². The van der Waals surface area contributed by atoms with Crippen molar-refractivity contribution in [3.63, 3.8) is 0 Å². The average molecular weight is 478 g/mol. The summed E-state index contributed by atoms with van der Waals surface area (Å²) < 4.78 is 14.9. The maximum atomic E-state index is 13.5. The van der Waals surface area contributed by atoms with Gasteiger partial charge in [-0.1, -0.05) is 43.1 Å². The first-order chi connectivity index (χ1) is 15.2. The van der Waals surface area contributed by atoms with E-state index in [1.165, 1.54) is 35.0 Å². The van der Waals surface area contributed by atoms with Crippen molar-refractivity contribution in [2.75, 3.05) is 0 Å². The van der Waals surface area contributed by atoms with Gasteiger partial charge in [0, 0.05) is 11.6 Å². The average Bonchev–Trinajstić information content (AvgIpc) is 3.12. The van der Waals surface area contributed by atoms with Crippen molar-refractivity contribution in [2.24, 2.45) is 5.92 Å². The van der Waals surface area contributed by atoms with E-state index in [4.69, 9.17) is 23.2 Å². The van der Waals surface area contributed by atoms with Crippen LogP contribution in [0.3, 0.4) is 0 Å². The van der Waals surface area contributed by atoms with Crippen molar-refractivity contribution in [2.45, 2.75) is 32.7 Å². The first-order valence-corrected chi connectivity index (χ1v) is 10.7. The lowest BCUT2D eigenvalue weighted by Crippen LogP contribution is -2.37. The molecular formula is C23H22Cl2FN3O3. The molecule has 3 aromatic rings. The molecule has 1 atom stereocenters. The van der Waals surface area contributed by atoms with E-state index < -0.39 is 23.7 Å². The van der Waals surface area contributed by atoms with Crippen LogP contribution < -0.4 is 5.32 Å². The van der Waals surface area contributed by atoms with Gasteiger partial charge in [0.25, 0.3) is 5.91 Å². The van der Waals surface area contributed by atoms with Crippen LogP contribution in [0.1, 0.15) is 37.2 Å². The van der Waals surface area contributed by atoms with Crippen LogP contribution in [0, 0.1) is 11.7 Å². The molecule has 0 spiro atoms. The molecule has 2 aromatic carbocycles. The second-order valence-electron chi connectivity index (χ2n) is 7.80. The van der Waals surface area contributed by atoms with Crippen LogP contribution in [0.2, 0.25) is 10.0 Å². The number of carbonyl (C=O) groups is 2. The predicted octanol–water partition coefficient (Wildman–Crippen LogP) is 5.60. The van der Waals surface area contributed by atoms with E-state index in [0.717, 1.165) is 0 Å². The number of carboxylic acid groups (broad SMARTS) is 1. The van der Waals surface area contributed by atoms with E-state index in [1.807, 2.05) is 13.8 Å². The Kier molecular flexibility index (Phi) is 7.53. The Morgan fingerprint density at radius 3 is 2.31 bits per heavy atom. The molecule has 2 N–H and O–H groups in total. The fourth-order valence-electron chi connectivity index (χ4n) is 3.42. The molecule has 168 valence electrons. The first kappa shape index (κ1) is 23.8. The molecule has 6 nitrogen and oxygen atoms in total. The fourth-order valence-corrected chi connectivity index (χ4v) is 4.02. The minimum Gasteiger partial charge on any atom is -0.481 e. The summed E-state index contributed by atoms with van der Waals surface area (Å²) in [5.74, 6) is -1.76. The highest BCUT2D eigenvalue weighted by atomic mass is 35.5. The van der Waals surface area contributed by atoms with Gasteiger partial charge in [0.05, 0.1) is 27.8 Å². The summed E-state index contributed by atoms with van der Waals surface area (Å²) in [6.45, 7) is 3.89. The third-order valence-electron chi connectivity index (χ3n) is 4.74. The number of aliphatic carboxylic acids is 1. The molecule has 9 heteroatoms. The van der Waals surface area contributed by atoms with Crippen LogP contribution in [0.4, 0.5) is 4.39 Å². The van der Waals surface area contributed by atoms with E-state index in [9.17, 15) is 19.1 Å². The molecule has 0 saturated carbocycles. The van der Waals surface area contributed by atoms with E-state index in [2.05, 4.69) is 10.4 Å². The number of nitrogens with one attached hydrogen (secondary N) is 1. The second-order valence-corrected chi connectivity index (χ2v) is 8.61. The van der Waals surface area contributed by atoms with Crippen LogP contribution in [-0.4, -0.2) is 32.8 Å². The molecular weight excluding hydrogens is 456 g/mol. The monoisotopic (exact) mass is 477 g/mol. The quantitative estimate of drug-likeness (QED) is 0.441. The lowest BCUT2D eigenvalue weighted by atomic mass is 10.0. The molecule has 32 heavy (non-hydrogen) atoms. The molecule has 0 aliphatic carbocycles. The standard InChI is InChI=1S/C23H22Cl2FN3O3/c1-13(2)10-15(11-21(30)31)27-23(32)19-12-20(22-17(24)4-3-5-18(22)25)29(28-19)16-8-6-14(26)7-9-16/h3-9,12-13,15H,10-11H2,1-2H3,(H,27,32)(H,30,31). The molecule has 3 rings (SSSR count). The van der Waals surface area contributed by atoms with E-state index in [-0.39, 0.29) is 18.0 Å². The van der Waals surface area contributed by atoms with Crippen molar-refractivity contribution < 1.29 is 19.1 Å². The van der Waals surface area contributed by atoms with Crippen molar-refractivity contribution in [3.8, 4) is 16.9 Å². The van der Waals surface area contributed by atoms with Gasteiger partial charge in [0.15, 0.2) is 5.69 Å². The number of hydrogen-bond acceptors (Lipinski definition) is 3. The smallest absolute Gasteiger partial charge is 0.305 e. The number of rotatable bonds is 8. The number of carboxylic acids is 1. The number of benzene rings is 2. The zero-order chi connectivity index (χ0) is 23.4. The Hall–Kier alpha value is -2.90. The van der Waals surface area contributed by atoms with Crippen LogP contribution in [0.25, 0.3) is 16.9 Å². The van der Waals surface area contributed by atoms with Gasteiger partial charge >= 0.3 is 5.97 Å². The molecule has 0 saturated heterocycles. The molecule has 0 aliphatic heterocycles. The number of amides is 1. The molecule has 0 aliphatic rings. The third kappa shape index (κ3) is 5.66. The third-order valence-corrected chi connectivity index (χ3v) is 5.37. The Morgan fingerprint density at radius 1 is 1.12 bits per heavy atom. The lowest BCUT2D eigenvalue weighted by Gasteiger charge is -2.18. The summed E-state index contributed by atoms with van der Waals surface area (Å²) in [6, 6.07) is 11.6. The first-order valence-electron chi connectivity index (χ1n) is 9.98. The van der Waals surface area contributed by atoms with Gasteiger partial charge in [-0.05, 0) is 54.8 Å². The Balaban J connectivity index is 2.05. The molecule has 0 radical (unpaired) electrons. The molecule has 0 bridgehead atoms. The summed E-state index contributed by atoms with van der Waals surface area (Å²) in [5.41, 5.74) is 1.46. The molecule has 1 unspecified atom stereocenters. The molecule has 1 heterocycles. The number of nitrogens with zero attached hydrogens (tertiary/aromatic N) is 2. The van der Waals surface area contributed by atoms with Crippen LogP contribution >= 0.6 is 23.2 Å². The van der Waals surface area contributed by atoms with Gasteiger partial charge in [-0.15, -0.1) is 0 Å². The highest BCUT2D eigenvalue weighted by molar-refractivity contribution is 6.39. The summed E-state index contributed by atoms with van der Waals surface area (Å²) in [7, 11) is 0. The summed E-state index contributed by atoms with van der Waals surface area (Å²) in [4.78, 5) is 24.2. The number of halogens is 3. The van der Waals surface area contributed by atoms with E-state index in [0.29, 0.717) is 33.4 Å². The molecule has 1 amide bonds. The van der Waals surface area contributed by atoms with E-state index in [1.54, 1.807) is 18.2 Å². The highest BCUT2D eigenvalue weighted by Crippen LogP contribution is 2.36. The van der Waals surface area contributed by atoms with Crippen LogP contribution in [-0.2, 0) is 4.79 Å². The van der Waals surface area contributed by atoms with Crippen molar-refractivity contribution in [1.29, 1.82) is 0 Å². The summed E-state index contributed by atoms with van der Waals surface area (Å²) in [6.07, 6.45) is 0.297. The fraction of sp³-hybridized carbons (Fsp3) is 0.261. The van der Waals surface area contributed by atoms with Gasteiger partial charge in [-0.3, -0.25) is 9.59 Å². The predicted molar refractivity (Wildman–Crippen MR) is 122 cm³/mol. The van der Waals surface area contributed by atoms with Gasteiger partial charge < -0.3 is 10.4 Å². The van der Waals surface area contributed by atoms with Crippen molar-refractivity contribution in [1.82, 2.24) is 15.1 Å². The topological polar surface area (TPSA) is 84.2 Å². The number of aromatic nitrogens is 2. The summed E-state index contributed by atoms with van der Waals surface area (Å²) in [5, 5.41) is 17.0. The minimum atomic E-state index is -1.00. The van der Waals surface area contributed by atoms with Crippen LogP contribution in [0.5, 0.6) is 0 Å². The van der Waals surface area contributed by atoms with Crippen LogP contribution in [0.15, 0.2) is 48.5 Å². The van der Waals surface area contributed by atoms with Gasteiger partial charge in [-0.25, -0.2) is 9.07 Å². The van der Waals surface area contributed by atoms with Crippen molar-refractivity contribution in [3.05, 3.63) is 70.1 Å². The maximum absolute atomic E-state index is 13.5. The number of carbonyl (C=O) groups excluding carboxylic acids is 1. The Bertz CT molecular complexity index is 1110.